The van der Waals surface area contributed by atoms with Crippen LogP contribution in [0.4, 0.5) is 30.5 Å². The van der Waals surface area contributed by atoms with Crippen LogP contribution < -0.4 is 10.6 Å². The highest BCUT2D eigenvalue weighted by Crippen LogP contribution is 2.34. The number of nitrogens with one attached hydrogen (secondary N) is 2. The van der Waals surface area contributed by atoms with Crippen molar-refractivity contribution >= 4 is 17.3 Å². The average Bonchev–Trinajstić information content (AvgIpc) is 2.46. The Hall–Kier alpha value is -2.82. The molecule has 108 valence electrons. The molecule has 0 bridgehead atoms. The molecule has 0 fully saturated rings. The van der Waals surface area contributed by atoms with Crippen LogP contribution in [0, 0.1) is 11.3 Å². The van der Waals surface area contributed by atoms with Gasteiger partial charge in [-0.25, -0.2) is 4.98 Å². The molecule has 2 N–H and O–H groups in total. The summed E-state index contributed by atoms with van der Waals surface area (Å²) in [4.78, 5) is 7.98. The van der Waals surface area contributed by atoms with Crippen LogP contribution >= 0.6 is 0 Å². The number of alkyl halides is 3. The molecule has 0 amide bonds. The van der Waals surface area contributed by atoms with E-state index in [-0.39, 0.29) is 5.69 Å². The fourth-order valence-corrected chi connectivity index (χ4v) is 1.65. The molecule has 8 heteroatoms. The van der Waals surface area contributed by atoms with Gasteiger partial charge in [-0.05, 0) is 18.2 Å². The van der Waals surface area contributed by atoms with Gasteiger partial charge in [-0.2, -0.15) is 18.4 Å². The second kappa shape index (κ2) is 5.66. The van der Waals surface area contributed by atoms with Gasteiger partial charge in [0.2, 0.25) is 0 Å². The predicted octanol–water partition coefficient (Wildman–Crippen LogP) is 3.15. The van der Waals surface area contributed by atoms with Crippen molar-refractivity contribution < 1.29 is 13.2 Å². The van der Waals surface area contributed by atoms with Crippen LogP contribution in [0.2, 0.25) is 0 Å². The number of rotatable bonds is 3. The lowest BCUT2D eigenvalue weighted by Crippen LogP contribution is -2.08. The summed E-state index contributed by atoms with van der Waals surface area (Å²) in [6, 6.07) is 4.88. The second-order valence-electron chi connectivity index (χ2n) is 4.03. The lowest BCUT2D eigenvalue weighted by molar-refractivity contribution is -0.137. The van der Waals surface area contributed by atoms with Crippen molar-refractivity contribution in [2.24, 2.45) is 0 Å². The van der Waals surface area contributed by atoms with Crippen LogP contribution in [0.15, 0.2) is 30.6 Å². The maximum atomic E-state index is 12.9. The fraction of sp³-hybridized carbons (Fsp3) is 0.154. The first kappa shape index (κ1) is 14.6. The normalized spacial score (nSPS) is 10.8. The maximum Gasteiger partial charge on any atom is 0.417 e. The quantitative estimate of drug-likeness (QED) is 0.909. The summed E-state index contributed by atoms with van der Waals surface area (Å²) in [5.74, 6) is 0.768. The molecule has 1 aromatic heterocycles. The Morgan fingerprint density at radius 1 is 1.19 bits per heavy atom. The molecule has 1 aromatic carbocycles. The lowest BCUT2D eigenvalue weighted by Gasteiger charge is -2.12. The number of hydrogen-bond donors (Lipinski definition) is 2. The SMILES string of the molecule is CNc1cncc(Nc2ccc(C#N)c(C(F)(F)F)c2)n1. The van der Waals surface area contributed by atoms with E-state index in [1.54, 1.807) is 7.05 Å². The number of nitrogens with zero attached hydrogens (tertiary/aromatic N) is 3. The van der Waals surface area contributed by atoms with Gasteiger partial charge in [-0.1, -0.05) is 0 Å². The first-order valence-electron chi connectivity index (χ1n) is 5.82. The fourth-order valence-electron chi connectivity index (χ4n) is 1.65. The number of anilines is 3. The summed E-state index contributed by atoms with van der Waals surface area (Å²) in [5.41, 5.74) is -1.25. The molecule has 0 radical (unpaired) electrons. The molecule has 21 heavy (non-hydrogen) atoms. The Bertz CT molecular complexity index is 691. The van der Waals surface area contributed by atoms with E-state index < -0.39 is 17.3 Å². The summed E-state index contributed by atoms with van der Waals surface area (Å²) < 4.78 is 38.6. The van der Waals surface area contributed by atoms with Crippen molar-refractivity contribution in [3.8, 4) is 6.07 Å². The number of aromatic nitrogens is 2. The largest absolute Gasteiger partial charge is 0.417 e. The monoisotopic (exact) mass is 293 g/mol. The van der Waals surface area contributed by atoms with Crippen LogP contribution in [-0.4, -0.2) is 17.0 Å². The molecule has 0 spiro atoms. The Morgan fingerprint density at radius 2 is 1.90 bits per heavy atom. The lowest BCUT2D eigenvalue weighted by atomic mass is 10.1. The van der Waals surface area contributed by atoms with Crippen LogP contribution in [0.1, 0.15) is 11.1 Å². The van der Waals surface area contributed by atoms with Gasteiger partial charge in [0, 0.05) is 12.7 Å². The third-order valence-corrected chi connectivity index (χ3v) is 2.61. The zero-order valence-electron chi connectivity index (χ0n) is 10.9. The smallest absolute Gasteiger partial charge is 0.372 e. The van der Waals surface area contributed by atoms with Gasteiger partial charge in [0.05, 0.1) is 29.6 Å². The third kappa shape index (κ3) is 3.39. The molecule has 0 unspecified atom stereocenters. The molecule has 2 aromatic rings. The van der Waals surface area contributed by atoms with Gasteiger partial charge >= 0.3 is 6.18 Å². The van der Waals surface area contributed by atoms with E-state index in [0.717, 1.165) is 12.1 Å². The van der Waals surface area contributed by atoms with Gasteiger partial charge in [0.15, 0.2) is 5.82 Å². The highest BCUT2D eigenvalue weighted by Gasteiger charge is 2.33. The van der Waals surface area contributed by atoms with E-state index in [1.165, 1.54) is 24.5 Å². The standard InChI is InChI=1S/C13H10F3N5/c1-18-11-6-19-7-12(21-11)20-9-3-2-8(5-17)10(4-9)13(14,15)16/h2-4,6-7H,1H3,(H2,18,20,21). The Labute approximate surface area is 118 Å². The number of halogens is 3. The van der Waals surface area contributed by atoms with Crippen molar-refractivity contribution in [2.45, 2.75) is 6.18 Å². The molecule has 5 nitrogen and oxygen atoms in total. The topological polar surface area (TPSA) is 73.6 Å². The van der Waals surface area contributed by atoms with Crippen molar-refractivity contribution in [2.75, 3.05) is 17.7 Å². The van der Waals surface area contributed by atoms with E-state index in [4.69, 9.17) is 5.26 Å². The summed E-state index contributed by atoms with van der Waals surface area (Å²) in [6.45, 7) is 0. The van der Waals surface area contributed by atoms with E-state index in [2.05, 4.69) is 20.6 Å². The molecular formula is C13H10F3N5. The summed E-state index contributed by atoms with van der Waals surface area (Å²) >= 11 is 0. The van der Waals surface area contributed by atoms with E-state index in [1.807, 2.05) is 0 Å². The van der Waals surface area contributed by atoms with Crippen LogP contribution in [0.3, 0.4) is 0 Å². The van der Waals surface area contributed by atoms with Crippen LogP contribution in [0.25, 0.3) is 0 Å². The molecule has 2 rings (SSSR count). The van der Waals surface area contributed by atoms with Gasteiger partial charge in [-0.15, -0.1) is 0 Å². The molecule has 0 aliphatic carbocycles. The molecule has 0 saturated carbocycles. The van der Waals surface area contributed by atoms with Gasteiger partial charge in [-0.3, -0.25) is 4.98 Å². The zero-order chi connectivity index (χ0) is 15.5. The third-order valence-electron chi connectivity index (χ3n) is 2.61. The minimum atomic E-state index is -4.60. The van der Waals surface area contributed by atoms with Crippen molar-refractivity contribution in [1.29, 1.82) is 5.26 Å². The molecule has 1 heterocycles. The molecular weight excluding hydrogens is 283 g/mol. The number of nitriles is 1. The molecule has 0 aliphatic rings. The second-order valence-corrected chi connectivity index (χ2v) is 4.03. The maximum absolute atomic E-state index is 12.9. The first-order chi connectivity index (χ1) is 9.94. The van der Waals surface area contributed by atoms with E-state index in [9.17, 15) is 13.2 Å². The molecule has 0 atom stereocenters. The molecule has 0 aliphatic heterocycles. The predicted molar refractivity (Wildman–Crippen MR) is 71.0 cm³/mol. The minimum Gasteiger partial charge on any atom is -0.372 e. The Morgan fingerprint density at radius 3 is 2.52 bits per heavy atom. The Kier molecular flexibility index (Phi) is 3.93. The Balaban J connectivity index is 2.35. The van der Waals surface area contributed by atoms with E-state index in [0.29, 0.717) is 11.6 Å². The minimum absolute atomic E-state index is 0.170. The summed E-state index contributed by atoms with van der Waals surface area (Å²) in [7, 11) is 1.65. The van der Waals surface area contributed by atoms with E-state index >= 15 is 0 Å². The molecule has 0 saturated heterocycles. The van der Waals surface area contributed by atoms with Crippen LogP contribution in [0.5, 0.6) is 0 Å². The van der Waals surface area contributed by atoms with Gasteiger partial charge in [0.25, 0.3) is 0 Å². The number of benzene rings is 1. The average molecular weight is 293 g/mol. The highest BCUT2D eigenvalue weighted by molar-refractivity contribution is 5.60. The summed E-state index contributed by atoms with van der Waals surface area (Å²) in [6.07, 6.45) is -1.74. The van der Waals surface area contributed by atoms with Crippen molar-refractivity contribution in [3.63, 3.8) is 0 Å². The summed E-state index contributed by atoms with van der Waals surface area (Å²) in [5, 5.41) is 14.2. The first-order valence-corrected chi connectivity index (χ1v) is 5.82. The van der Waals surface area contributed by atoms with Crippen LogP contribution in [-0.2, 0) is 6.18 Å². The van der Waals surface area contributed by atoms with Crippen molar-refractivity contribution in [3.05, 3.63) is 41.7 Å². The zero-order valence-corrected chi connectivity index (χ0v) is 10.9. The van der Waals surface area contributed by atoms with Gasteiger partial charge < -0.3 is 10.6 Å². The van der Waals surface area contributed by atoms with Gasteiger partial charge in [0.1, 0.15) is 5.82 Å². The highest BCUT2D eigenvalue weighted by atomic mass is 19.4. The number of hydrogen-bond acceptors (Lipinski definition) is 5. The van der Waals surface area contributed by atoms with Crippen molar-refractivity contribution in [1.82, 2.24) is 9.97 Å².